The van der Waals surface area contributed by atoms with Crippen LogP contribution in [0.4, 0.5) is 0 Å². The van der Waals surface area contributed by atoms with Crippen molar-refractivity contribution in [2.45, 2.75) is 88.7 Å². The second kappa shape index (κ2) is 13.8. The molecule has 1 N–H and O–H groups in total. The predicted molar refractivity (Wildman–Crippen MR) is 142 cm³/mol. The van der Waals surface area contributed by atoms with E-state index in [2.05, 4.69) is 24.4 Å². The molecule has 1 saturated carbocycles. The molecule has 6 heteroatoms. The van der Waals surface area contributed by atoms with E-state index in [1.165, 1.54) is 19.3 Å². The number of thioether (sulfide) groups is 1. The molecule has 2 aromatic carbocycles. The summed E-state index contributed by atoms with van der Waals surface area (Å²) in [6.07, 6.45) is 7.45. The summed E-state index contributed by atoms with van der Waals surface area (Å²) in [6.45, 7) is 4.51. The van der Waals surface area contributed by atoms with Gasteiger partial charge in [0.25, 0.3) is 0 Å². The van der Waals surface area contributed by atoms with Crippen molar-refractivity contribution >= 4 is 35.2 Å². The van der Waals surface area contributed by atoms with Gasteiger partial charge >= 0.3 is 0 Å². The van der Waals surface area contributed by atoms with Gasteiger partial charge < -0.3 is 10.2 Å². The average Bonchev–Trinajstić information content (AvgIpc) is 2.83. The number of hydrogen-bond acceptors (Lipinski definition) is 3. The van der Waals surface area contributed by atoms with E-state index in [1.54, 1.807) is 16.7 Å². The van der Waals surface area contributed by atoms with Gasteiger partial charge in [-0.15, -0.1) is 11.8 Å². The molecule has 0 heterocycles. The van der Waals surface area contributed by atoms with Gasteiger partial charge in [-0.05, 0) is 68.2 Å². The smallest absolute Gasteiger partial charge is 0.243 e. The monoisotopic (exact) mass is 500 g/mol. The number of carbonyl (C=O) groups excluding carboxylic acids is 2. The first-order valence-electron chi connectivity index (χ1n) is 12.5. The first kappa shape index (κ1) is 26.6. The quantitative estimate of drug-likeness (QED) is 0.273. The highest BCUT2D eigenvalue weighted by Gasteiger charge is 2.30. The van der Waals surface area contributed by atoms with E-state index in [4.69, 9.17) is 11.6 Å². The highest BCUT2D eigenvalue weighted by Crippen LogP contribution is 2.23. The predicted octanol–water partition coefficient (Wildman–Crippen LogP) is 6.78. The van der Waals surface area contributed by atoms with Gasteiger partial charge in [0.1, 0.15) is 6.04 Å². The average molecular weight is 501 g/mol. The summed E-state index contributed by atoms with van der Waals surface area (Å²) in [4.78, 5) is 29.6. The Hall–Kier alpha value is -1.98. The summed E-state index contributed by atoms with van der Waals surface area (Å²) >= 11 is 7.69. The van der Waals surface area contributed by atoms with Crippen LogP contribution in [-0.4, -0.2) is 34.6 Å². The maximum absolute atomic E-state index is 13.4. The Morgan fingerprint density at radius 3 is 2.53 bits per heavy atom. The van der Waals surface area contributed by atoms with Crippen LogP contribution in [0, 0.1) is 6.92 Å². The zero-order valence-electron chi connectivity index (χ0n) is 20.4. The molecule has 1 atom stereocenters. The maximum Gasteiger partial charge on any atom is 0.243 e. The van der Waals surface area contributed by atoms with Crippen LogP contribution in [0.5, 0.6) is 0 Å². The fraction of sp³-hybridized carbons (Fsp3) is 0.500. The Morgan fingerprint density at radius 1 is 1.12 bits per heavy atom. The van der Waals surface area contributed by atoms with Crippen molar-refractivity contribution in [2.24, 2.45) is 0 Å². The third kappa shape index (κ3) is 8.35. The van der Waals surface area contributed by atoms with Crippen molar-refractivity contribution in [1.29, 1.82) is 0 Å². The number of nitrogens with zero attached hydrogens (tertiary/aromatic N) is 1. The van der Waals surface area contributed by atoms with E-state index in [-0.39, 0.29) is 17.9 Å². The van der Waals surface area contributed by atoms with Crippen molar-refractivity contribution in [3.05, 3.63) is 64.7 Å². The number of halogens is 1. The van der Waals surface area contributed by atoms with Crippen molar-refractivity contribution in [2.75, 3.05) is 5.75 Å². The van der Waals surface area contributed by atoms with E-state index >= 15 is 0 Å². The van der Waals surface area contributed by atoms with Gasteiger partial charge in [0.05, 0.1) is 0 Å². The highest BCUT2D eigenvalue weighted by molar-refractivity contribution is 7.99. The lowest BCUT2D eigenvalue weighted by Gasteiger charge is -2.33. The summed E-state index contributed by atoms with van der Waals surface area (Å²) in [7, 11) is 0. The SMILES string of the molecule is CC[C@@H](C(=O)NC1CCCCC1)N(Cc1cccc(C)c1)C(=O)CCCSc1ccc(Cl)cc1. The summed E-state index contributed by atoms with van der Waals surface area (Å²) < 4.78 is 0. The largest absolute Gasteiger partial charge is 0.352 e. The molecule has 0 spiro atoms. The number of hydrogen-bond donors (Lipinski definition) is 1. The van der Waals surface area contributed by atoms with E-state index in [9.17, 15) is 9.59 Å². The third-order valence-electron chi connectivity index (χ3n) is 6.39. The molecular formula is C28H37ClN2O2S. The molecule has 184 valence electrons. The Bertz CT molecular complexity index is 928. The lowest BCUT2D eigenvalue weighted by molar-refractivity contribution is -0.141. The van der Waals surface area contributed by atoms with Crippen LogP contribution in [0.15, 0.2) is 53.4 Å². The van der Waals surface area contributed by atoms with Crippen molar-refractivity contribution in [1.82, 2.24) is 10.2 Å². The van der Waals surface area contributed by atoms with E-state index in [0.717, 1.165) is 46.1 Å². The fourth-order valence-electron chi connectivity index (χ4n) is 4.56. The van der Waals surface area contributed by atoms with Crippen LogP contribution >= 0.6 is 23.4 Å². The lowest BCUT2D eigenvalue weighted by Crippen LogP contribution is -2.51. The number of aryl methyl sites for hydroxylation is 1. The maximum atomic E-state index is 13.4. The zero-order chi connectivity index (χ0) is 24.3. The van der Waals surface area contributed by atoms with Crippen LogP contribution in [0.25, 0.3) is 0 Å². The Kier molecular flexibility index (Phi) is 10.8. The van der Waals surface area contributed by atoms with Gasteiger partial charge in [0.15, 0.2) is 0 Å². The molecule has 0 saturated heterocycles. The van der Waals surface area contributed by atoms with Crippen LogP contribution in [-0.2, 0) is 16.1 Å². The number of nitrogens with one attached hydrogen (secondary N) is 1. The Labute approximate surface area is 213 Å². The molecular weight excluding hydrogens is 464 g/mol. The minimum atomic E-state index is -0.446. The van der Waals surface area contributed by atoms with Crippen LogP contribution in [0.2, 0.25) is 5.02 Å². The van der Waals surface area contributed by atoms with Crippen molar-refractivity contribution < 1.29 is 9.59 Å². The summed E-state index contributed by atoms with van der Waals surface area (Å²) in [5.74, 6) is 0.881. The summed E-state index contributed by atoms with van der Waals surface area (Å²) in [5.41, 5.74) is 2.22. The molecule has 4 nitrogen and oxygen atoms in total. The van der Waals surface area contributed by atoms with Gasteiger partial charge in [-0.3, -0.25) is 9.59 Å². The molecule has 0 bridgehead atoms. The molecule has 0 aromatic heterocycles. The minimum Gasteiger partial charge on any atom is -0.352 e. The van der Waals surface area contributed by atoms with Crippen LogP contribution in [0.3, 0.4) is 0 Å². The van der Waals surface area contributed by atoms with Gasteiger partial charge in [0, 0.05) is 28.9 Å². The van der Waals surface area contributed by atoms with Crippen LogP contribution in [0.1, 0.15) is 69.4 Å². The molecule has 34 heavy (non-hydrogen) atoms. The van der Waals surface area contributed by atoms with Gasteiger partial charge in [-0.2, -0.15) is 0 Å². The fourth-order valence-corrected chi connectivity index (χ4v) is 5.54. The summed E-state index contributed by atoms with van der Waals surface area (Å²) in [6, 6.07) is 15.8. The normalized spacial score (nSPS) is 15.0. The van der Waals surface area contributed by atoms with Crippen LogP contribution < -0.4 is 5.32 Å². The standard InChI is InChI=1S/C28H37ClN2O2S/c1-3-26(28(33)30-24-11-5-4-6-12-24)31(20-22-10-7-9-21(2)19-22)27(32)13-8-18-34-25-16-14-23(29)15-17-25/h7,9-10,14-17,19,24,26H,3-6,8,11-13,18,20H2,1-2H3,(H,30,33)/t26-/m0/s1. The topological polar surface area (TPSA) is 49.4 Å². The second-order valence-electron chi connectivity index (χ2n) is 9.18. The molecule has 1 aliphatic carbocycles. The minimum absolute atomic E-state index is 0.00839. The Balaban J connectivity index is 1.64. The van der Waals surface area contributed by atoms with Crippen molar-refractivity contribution in [3.63, 3.8) is 0 Å². The van der Waals surface area contributed by atoms with Gasteiger partial charge in [-0.25, -0.2) is 0 Å². The molecule has 1 fully saturated rings. The molecule has 0 aliphatic heterocycles. The number of carbonyl (C=O) groups is 2. The third-order valence-corrected chi connectivity index (χ3v) is 7.74. The number of amides is 2. The van der Waals surface area contributed by atoms with E-state index < -0.39 is 6.04 Å². The molecule has 0 unspecified atom stereocenters. The Morgan fingerprint density at radius 2 is 1.85 bits per heavy atom. The molecule has 2 aromatic rings. The molecule has 0 radical (unpaired) electrons. The van der Waals surface area contributed by atoms with Gasteiger partial charge in [-0.1, -0.05) is 67.6 Å². The zero-order valence-corrected chi connectivity index (χ0v) is 22.0. The summed E-state index contributed by atoms with van der Waals surface area (Å²) in [5, 5.41) is 3.97. The first-order chi connectivity index (χ1) is 16.5. The molecule has 2 amide bonds. The number of rotatable bonds is 11. The van der Waals surface area contributed by atoms with Gasteiger partial charge in [0.2, 0.25) is 11.8 Å². The van der Waals surface area contributed by atoms with E-state index in [0.29, 0.717) is 19.4 Å². The molecule has 3 rings (SSSR count). The highest BCUT2D eigenvalue weighted by atomic mass is 35.5. The first-order valence-corrected chi connectivity index (χ1v) is 13.9. The second-order valence-corrected chi connectivity index (χ2v) is 10.8. The van der Waals surface area contributed by atoms with Crippen molar-refractivity contribution in [3.8, 4) is 0 Å². The molecule has 1 aliphatic rings. The number of benzene rings is 2. The lowest BCUT2D eigenvalue weighted by atomic mass is 9.95. The van der Waals surface area contributed by atoms with E-state index in [1.807, 2.05) is 43.3 Å².